The minimum absolute atomic E-state index is 0.118. The third-order valence-corrected chi connectivity index (χ3v) is 6.01. The van der Waals surface area contributed by atoms with Crippen LogP contribution in [0.1, 0.15) is 22.3 Å². The van der Waals surface area contributed by atoms with E-state index in [0.29, 0.717) is 29.9 Å². The second-order valence-corrected chi connectivity index (χ2v) is 8.44. The zero-order valence-corrected chi connectivity index (χ0v) is 17.9. The summed E-state index contributed by atoms with van der Waals surface area (Å²) < 4.78 is 0. The monoisotopic (exact) mass is 431 g/mol. The molecule has 0 aliphatic carbocycles. The molecule has 154 valence electrons. The van der Waals surface area contributed by atoms with Crippen molar-refractivity contribution >= 4 is 40.5 Å². The molecule has 2 amide bonds. The Labute approximate surface area is 179 Å². The van der Waals surface area contributed by atoms with Gasteiger partial charge in [-0.1, -0.05) is 42.1 Å². The summed E-state index contributed by atoms with van der Waals surface area (Å²) in [6, 6.07) is 12.2. The van der Waals surface area contributed by atoms with E-state index in [1.165, 1.54) is 0 Å². The molecule has 0 radical (unpaired) electrons. The van der Waals surface area contributed by atoms with Crippen molar-refractivity contribution in [3.63, 3.8) is 0 Å². The minimum Gasteiger partial charge on any atom is -0.368 e. The molecule has 0 spiro atoms. The number of pyridine rings is 1. The Bertz CT molecular complexity index is 803. The number of nitrogens with zero attached hydrogens (tertiary/aromatic N) is 1. The molecule has 29 heavy (non-hydrogen) atoms. The number of thioether (sulfide) groups is 2. The molecule has 2 aromatic rings. The van der Waals surface area contributed by atoms with Crippen LogP contribution in [0, 0.1) is 5.92 Å². The highest BCUT2D eigenvalue weighted by atomic mass is 32.2. The van der Waals surface area contributed by atoms with Crippen molar-refractivity contribution in [2.24, 2.45) is 11.7 Å². The number of hydrogen-bond acceptors (Lipinski definition) is 6. The summed E-state index contributed by atoms with van der Waals surface area (Å²) >= 11 is 2.68. The van der Waals surface area contributed by atoms with Crippen LogP contribution in [0.2, 0.25) is 0 Å². The van der Waals surface area contributed by atoms with Gasteiger partial charge in [0.15, 0.2) is 0 Å². The van der Waals surface area contributed by atoms with Gasteiger partial charge in [0.25, 0.3) is 0 Å². The van der Waals surface area contributed by atoms with Gasteiger partial charge in [-0.05, 0) is 42.5 Å². The molecule has 2 atom stereocenters. The number of rotatable bonds is 11. The van der Waals surface area contributed by atoms with Crippen molar-refractivity contribution in [3.05, 3.63) is 66.0 Å². The predicted molar refractivity (Wildman–Crippen MR) is 119 cm³/mol. The van der Waals surface area contributed by atoms with Crippen LogP contribution >= 0.6 is 23.5 Å². The van der Waals surface area contributed by atoms with Gasteiger partial charge < -0.3 is 11.1 Å². The number of nitrogens with two attached hydrogens (primary N) is 1. The SMILES string of the molecule is CSCC[C@H](NC(=O)[C@H](CSC(=O)c1ccncc1)Cc1ccccc1)C(N)=O. The van der Waals surface area contributed by atoms with E-state index < -0.39 is 17.9 Å². The molecule has 3 N–H and O–H groups in total. The van der Waals surface area contributed by atoms with Gasteiger partial charge in [0.05, 0.1) is 5.92 Å². The number of benzene rings is 1. The van der Waals surface area contributed by atoms with E-state index in [4.69, 9.17) is 5.73 Å². The molecule has 0 aliphatic rings. The van der Waals surface area contributed by atoms with Crippen LogP contribution < -0.4 is 11.1 Å². The highest BCUT2D eigenvalue weighted by molar-refractivity contribution is 8.14. The van der Waals surface area contributed by atoms with Gasteiger partial charge in [0.1, 0.15) is 6.04 Å². The number of hydrogen-bond donors (Lipinski definition) is 2. The first kappa shape index (κ1) is 23.0. The summed E-state index contributed by atoms with van der Waals surface area (Å²) in [7, 11) is 0. The van der Waals surface area contributed by atoms with Crippen LogP contribution in [-0.4, -0.2) is 45.7 Å². The van der Waals surface area contributed by atoms with Gasteiger partial charge in [-0.25, -0.2) is 0 Å². The van der Waals surface area contributed by atoms with Crippen LogP contribution in [-0.2, 0) is 16.0 Å². The molecule has 0 unspecified atom stereocenters. The lowest BCUT2D eigenvalue weighted by Gasteiger charge is -2.20. The third kappa shape index (κ3) is 7.91. The van der Waals surface area contributed by atoms with Crippen LogP contribution in [0.25, 0.3) is 0 Å². The number of nitrogens with one attached hydrogen (secondary N) is 1. The first-order valence-corrected chi connectivity index (χ1v) is 11.6. The van der Waals surface area contributed by atoms with Crippen LogP contribution in [0.5, 0.6) is 0 Å². The molecule has 1 heterocycles. The second kappa shape index (κ2) is 12.3. The first-order valence-electron chi connectivity index (χ1n) is 9.21. The number of amides is 2. The summed E-state index contributed by atoms with van der Waals surface area (Å²) in [5.74, 6) is -0.271. The van der Waals surface area contributed by atoms with Crippen molar-refractivity contribution in [3.8, 4) is 0 Å². The van der Waals surface area contributed by atoms with E-state index >= 15 is 0 Å². The fourth-order valence-corrected chi connectivity index (χ4v) is 4.08. The quantitative estimate of drug-likeness (QED) is 0.567. The maximum absolute atomic E-state index is 12.9. The molecule has 0 bridgehead atoms. The number of carbonyl (C=O) groups excluding carboxylic acids is 3. The summed E-state index contributed by atoms with van der Waals surface area (Å²) in [5, 5.41) is 2.66. The molecule has 1 aromatic carbocycles. The Balaban J connectivity index is 2.08. The van der Waals surface area contributed by atoms with Gasteiger partial charge in [0.2, 0.25) is 16.9 Å². The lowest BCUT2D eigenvalue weighted by Crippen LogP contribution is -2.47. The van der Waals surface area contributed by atoms with E-state index in [2.05, 4.69) is 10.3 Å². The summed E-state index contributed by atoms with van der Waals surface area (Å²) in [6.07, 6.45) is 6.00. The zero-order valence-electron chi connectivity index (χ0n) is 16.2. The van der Waals surface area contributed by atoms with Crippen LogP contribution in [0.4, 0.5) is 0 Å². The average molecular weight is 432 g/mol. The Morgan fingerprint density at radius 3 is 2.41 bits per heavy atom. The van der Waals surface area contributed by atoms with Gasteiger partial charge in [-0.2, -0.15) is 11.8 Å². The van der Waals surface area contributed by atoms with E-state index in [9.17, 15) is 14.4 Å². The Morgan fingerprint density at radius 1 is 1.10 bits per heavy atom. The molecule has 0 saturated carbocycles. The van der Waals surface area contributed by atoms with Crippen LogP contribution in [0.3, 0.4) is 0 Å². The summed E-state index contributed by atoms with van der Waals surface area (Å²) in [4.78, 5) is 41.0. The van der Waals surface area contributed by atoms with E-state index in [-0.39, 0.29) is 11.0 Å². The van der Waals surface area contributed by atoms with Crippen molar-refractivity contribution in [2.75, 3.05) is 17.8 Å². The highest BCUT2D eigenvalue weighted by Crippen LogP contribution is 2.19. The molecule has 0 aliphatic heterocycles. The number of primary amides is 1. The van der Waals surface area contributed by atoms with Crippen molar-refractivity contribution in [1.29, 1.82) is 0 Å². The Morgan fingerprint density at radius 2 is 1.79 bits per heavy atom. The Kier molecular flexibility index (Phi) is 9.73. The lowest BCUT2D eigenvalue weighted by atomic mass is 9.99. The molecule has 6 nitrogen and oxygen atoms in total. The lowest BCUT2D eigenvalue weighted by molar-refractivity contribution is -0.129. The zero-order chi connectivity index (χ0) is 21.1. The highest BCUT2D eigenvalue weighted by Gasteiger charge is 2.25. The van der Waals surface area contributed by atoms with Gasteiger partial charge in [0, 0.05) is 23.7 Å². The second-order valence-electron chi connectivity index (χ2n) is 6.47. The van der Waals surface area contributed by atoms with E-state index in [1.807, 2.05) is 36.6 Å². The maximum atomic E-state index is 12.9. The Hall–Kier alpha value is -2.32. The predicted octanol–water partition coefficient (Wildman–Crippen LogP) is 2.54. The molecule has 2 rings (SSSR count). The first-order chi connectivity index (χ1) is 14.0. The smallest absolute Gasteiger partial charge is 0.240 e. The fourth-order valence-electron chi connectivity index (χ4n) is 2.68. The van der Waals surface area contributed by atoms with Gasteiger partial charge in [-0.3, -0.25) is 19.4 Å². The molecule has 8 heteroatoms. The average Bonchev–Trinajstić information content (AvgIpc) is 2.74. The largest absolute Gasteiger partial charge is 0.368 e. The van der Waals surface area contributed by atoms with Crippen molar-refractivity contribution in [2.45, 2.75) is 18.9 Å². The third-order valence-electron chi connectivity index (χ3n) is 4.30. The normalized spacial score (nSPS) is 12.7. The number of carbonyl (C=O) groups is 3. The van der Waals surface area contributed by atoms with Crippen molar-refractivity contribution < 1.29 is 14.4 Å². The van der Waals surface area contributed by atoms with Gasteiger partial charge in [-0.15, -0.1) is 0 Å². The molecular formula is C21H25N3O3S2. The van der Waals surface area contributed by atoms with Crippen molar-refractivity contribution in [1.82, 2.24) is 10.3 Å². The number of aromatic nitrogens is 1. The fraction of sp³-hybridized carbons (Fsp3) is 0.333. The topological polar surface area (TPSA) is 102 Å². The maximum Gasteiger partial charge on any atom is 0.240 e. The van der Waals surface area contributed by atoms with Gasteiger partial charge >= 0.3 is 0 Å². The minimum atomic E-state index is -0.714. The summed E-state index contributed by atoms with van der Waals surface area (Å²) in [6.45, 7) is 0. The van der Waals surface area contributed by atoms with Crippen LogP contribution in [0.15, 0.2) is 54.9 Å². The standard InChI is InChI=1S/C21H25N3O3S2/c1-28-12-9-18(19(22)25)24-20(26)17(13-15-5-3-2-4-6-15)14-29-21(27)16-7-10-23-11-8-16/h2-8,10-11,17-18H,9,12-14H2,1H3,(H2,22,25)(H,24,26)/t17-,18-/m0/s1. The summed E-state index contributed by atoms with van der Waals surface area (Å²) in [5.41, 5.74) is 6.98. The molecule has 0 fully saturated rings. The molecule has 1 aromatic heterocycles. The van der Waals surface area contributed by atoms with E-state index in [0.717, 1.165) is 17.3 Å². The molecular weight excluding hydrogens is 406 g/mol. The van der Waals surface area contributed by atoms with E-state index in [1.54, 1.807) is 36.3 Å². The molecule has 0 saturated heterocycles.